The van der Waals surface area contributed by atoms with Gasteiger partial charge in [0.1, 0.15) is 0 Å². The van der Waals surface area contributed by atoms with Crippen LogP contribution in [0.5, 0.6) is 0 Å². The molecule has 0 fully saturated rings. The standard InChI is InChI=1S/C66H45N3Si/c1-5-23-46(24-6-1)47-25-19-26-48(45-47)67-56-37-16-15-35-54(56)55-36-20-43-62(66(55)67)69-60-41-21-40-59(68-57-38-17-13-33-52(57)53-34-14-18-39-58(53)68)64(60)65-61(69)42-22-44-63(65)70(49-27-7-2-8-28-49,50-29-9-3-10-30-50)51-31-11-4-12-32-51/h1-45H. The van der Waals surface area contributed by atoms with Crippen LogP contribution in [-0.4, -0.2) is 21.8 Å². The summed E-state index contributed by atoms with van der Waals surface area (Å²) in [7, 11) is -3.09. The molecule has 70 heavy (non-hydrogen) atoms. The molecular weight excluding hydrogens is 863 g/mol. The van der Waals surface area contributed by atoms with Gasteiger partial charge in [0, 0.05) is 38.0 Å². The molecule has 14 aromatic rings. The van der Waals surface area contributed by atoms with Crippen molar-refractivity contribution in [2.75, 3.05) is 0 Å². The van der Waals surface area contributed by atoms with Crippen LogP contribution in [0.15, 0.2) is 273 Å². The Morgan fingerprint density at radius 1 is 0.257 bits per heavy atom. The first kappa shape index (κ1) is 40.1. The van der Waals surface area contributed by atoms with Gasteiger partial charge in [-0.3, -0.25) is 0 Å². The maximum Gasteiger partial charge on any atom is 0.180 e. The van der Waals surface area contributed by atoms with E-state index < -0.39 is 8.07 Å². The molecule has 3 nitrogen and oxygen atoms in total. The molecule has 0 radical (unpaired) electrons. The Bertz CT molecular complexity index is 4130. The highest BCUT2D eigenvalue weighted by molar-refractivity contribution is 7.20. The Kier molecular flexibility index (Phi) is 9.23. The van der Waals surface area contributed by atoms with E-state index in [2.05, 4.69) is 287 Å². The first-order chi connectivity index (χ1) is 34.8. The number of fused-ring (bicyclic) bond motifs is 9. The number of aromatic nitrogens is 3. The van der Waals surface area contributed by atoms with Crippen LogP contribution in [0, 0.1) is 0 Å². The lowest BCUT2D eigenvalue weighted by Gasteiger charge is -2.35. The highest BCUT2D eigenvalue weighted by Gasteiger charge is 2.43. The Morgan fingerprint density at radius 3 is 1.26 bits per heavy atom. The zero-order valence-corrected chi connectivity index (χ0v) is 39.3. The number of hydrogen-bond acceptors (Lipinski definition) is 0. The van der Waals surface area contributed by atoms with Crippen LogP contribution in [0.3, 0.4) is 0 Å². The van der Waals surface area contributed by atoms with E-state index in [1.807, 2.05) is 0 Å². The van der Waals surface area contributed by atoms with Crippen molar-refractivity contribution in [2.45, 2.75) is 0 Å². The van der Waals surface area contributed by atoms with E-state index in [-0.39, 0.29) is 0 Å². The lowest BCUT2D eigenvalue weighted by molar-refractivity contribution is 1.13. The Morgan fingerprint density at radius 2 is 0.657 bits per heavy atom. The summed E-state index contributed by atoms with van der Waals surface area (Å²) in [5.74, 6) is 0. The second-order valence-electron chi connectivity index (χ2n) is 18.4. The molecule has 0 aliphatic carbocycles. The van der Waals surface area contributed by atoms with Crippen molar-refractivity contribution in [3.8, 4) is 28.2 Å². The summed E-state index contributed by atoms with van der Waals surface area (Å²) in [5.41, 5.74) is 12.8. The lowest BCUT2D eigenvalue weighted by Crippen LogP contribution is -2.74. The minimum Gasteiger partial charge on any atom is -0.309 e. The predicted molar refractivity (Wildman–Crippen MR) is 299 cm³/mol. The number of para-hydroxylation sites is 4. The second kappa shape index (κ2) is 16.1. The molecule has 0 bridgehead atoms. The van der Waals surface area contributed by atoms with Crippen LogP contribution < -0.4 is 20.7 Å². The van der Waals surface area contributed by atoms with Gasteiger partial charge in [0.25, 0.3) is 0 Å². The van der Waals surface area contributed by atoms with Gasteiger partial charge in [-0.05, 0) is 86.5 Å². The molecular formula is C66H45N3Si. The van der Waals surface area contributed by atoms with Gasteiger partial charge in [0.05, 0.1) is 44.5 Å². The van der Waals surface area contributed by atoms with Crippen LogP contribution >= 0.6 is 0 Å². The van der Waals surface area contributed by atoms with Crippen molar-refractivity contribution >= 4 is 94.2 Å². The molecule has 0 aliphatic heterocycles. The van der Waals surface area contributed by atoms with E-state index in [0.717, 1.165) is 28.1 Å². The van der Waals surface area contributed by atoms with E-state index >= 15 is 0 Å². The number of benzene rings is 11. The highest BCUT2D eigenvalue weighted by atomic mass is 28.3. The molecule has 328 valence electrons. The summed E-state index contributed by atoms with van der Waals surface area (Å²) in [4.78, 5) is 0. The van der Waals surface area contributed by atoms with Gasteiger partial charge in [-0.25, -0.2) is 0 Å². The molecule has 3 heterocycles. The molecule has 11 aromatic carbocycles. The second-order valence-corrected chi connectivity index (χ2v) is 22.1. The third-order valence-corrected chi connectivity index (χ3v) is 19.6. The van der Waals surface area contributed by atoms with Gasteiger partial charge in [0.15, 0.2) is 8.07 Å². The molecule has 3 aromatic heterocycles. The third kappa shape index (κ3) is 5.87. The van der Waals surface area contributed by atoms with Gasteiger partial charge < -0.3 is 13.7 Å². The van der Waals surface area contributed by atoms with E-state index in [9.17, 15) is 0 Å². The summed E-state index contributed by atoms with van der Waals surface area (Å²) < 4.78 is 7.61. The minimum absolute atomic E-state index is 1.12. The highest BCUT2D eigenvalue weighted by Crippen LogP contribution is 2.43. The molecule has 0 saturated carbocycles. The maximum atomic E-state index is 2.59. The number of rotatable bonds is 8. The topological polar surface area (TPSA) is 14.8 Å². The van der Waals surface area contributed by atoms with Crippen molar-refractivity contribution in [3.63, 3.8) is 0 Å². The van der Waals surface area contributed by atoms with Crippen molar-refractivity contribution < 1.29 is 0 Å². The molecule has 0 unspecified atom stereocenters. The van der Waals surface area contributed by atoms with Crippen LogP contribution in [0.1, 0.15) is 0 Å². The largest absolute Gasteiger partial charge is 0.309 e. The van der Waals surface area contributed by atoms with E-state index in [4.69, 9.17) is 0 Å². The Balaban J connectivity index is 1.19. The van der Waals surface area contributed by atoms with Gasteiger partial charge in [0.2, 0.25) is 0 Å². The average Bonchev–Trinajstić information content (AvgIpc) is 4.09. The van der Waals surface area contributed by atoms with Crippen LogP contribution in [0.25, 0.3) is 93.6 Å². The molecule has 0 spiro atoms. The van der Waals surface area contributed by atoms with Crippen LogP contribution in [0.2, 0.25) is 0 Å². The van der Waals surface area contributed by atoms with Gasteiger partial charge in [-0.1, -0.05) is 218 Å². The van der Waals surface area contributed by atoms with Crippen molar-refractivity contribution in [2.24, 2.45) is 0 Å². The predicted octanol–water partition coefficient (Wildman–Crippen LogP) is 14.0. The summed E-state index contributed by atoms with van der Waals surface area (Å²) in [6.07, 6.45) is 0. The van der Waals surface area contributed by atoms with E-state index in [1.54, 1.807) is 0 Å². The number of hydrogen-bond donors (Lipinski definition) is 0. The Hall–Kier alpha value is -8.96. The maximum absolute atomic E-state index is 3.09. The molecule has 4 heteroatoms. The van der Waals surface area contributed by atoms with Crippen molar-refractivity contribution in [3.05, 3.63) is 273 Å². The lowest BCUT2D eigenvalue weighted by atomic mass is 10.1. The molecule has 0 saturated heterocycles. The van der Waals surface area contributed by atoms with Crippen LogP contribution in [-0.2, 0) is 0 Å². The average molecular weight is 908 g/mol. The van der Waals surface area contributed by atoms with E-state index in [1.165, 1.54) is 86.3 Å². The zero-order valence-electron chi connectivity index (χ0n) is 38.3. The molecule has 0 N–H and O–H groups in total. The molecule has 0 amide bonds. The summed E-state index contributed by atoms with van der Waals surface area (Å²) in [5, 5.41) is 12.8. The zero-order chi connectivity index (χ0) is 46.2. The first-order valence-electron chi connectivity index (χ1n) is 24.2. The van der Waals surface area contributed by atoms with Gasteiger partial charge in [-0.15, -0.1) is 0 Å². The Labute approximate surface area is 407 Å². The van der Waals surface area contributed by atoms with E-state index in [0.29, 0.717) is 0 Å². The summed E-state index contributed by atoms with van der Waals surface area (Å²) >= 11 is 0. The summed E-state index contributed by atoms with van der Waals surface area (Å²) in [6, 6.07) is 102. The van der Waals surface area contributed by atoms with Gasteiger partial charge in [-0.2, -0.15) is 0 Å². The minimum atomic E-state index is -3.09. The third-order valence-electron chi connectivity index (χ3n) is 14.8. The van der Waals surface area contributed by atoms with Crippen LogP contribution in [0.4, 0.5) is 0 Å². The van der Waals surface area contributed by atoms with Gasteiger partial charge >= 0.3 is 0 Å². The smallest absolute Gasteiger partial charge is 0.180 e. The fourth-order valence-electron chi connectivity index (χ4n) is 12.0. The molecule has 0 atom stereocenters. The fraction of sp³-hybridized carbons (Fsp3) is 0. The molecule has 14 rings (SSSR count). The normalized spacial score (nSPS) is 12.0. The monoisotopic (exact) mass is 907 g/mol. The SMILES string of the molecule is c1ccc(-c2cccc(-n3c4ccccc4c4cccc(-n5c6cccc(-n7c8ccccc8c8ccccc87)c6c6c([Si](c7ccccc7)(c7ccccc7)c7ccccc7)cccc65)c43)c2)cc1. The fourth-order valence-corrected chi connectivity index (χ4v) is 17.0. The quantitative estimate of drug-likeness (QED) is 0.107. The van der Waals surface area contributed by atoms with Crippen molar-refractivity contribution in [1.29, 1.82) is 0 Å². The summed E-state index contributed by atoms with van der Waals surface area (Å²) in [6.45, 7) is 0. The number of nitrogens with zero attached hydrogens (tertiary/aromatic N) is 3. The first-order valence-corrected chi connectivity index (χ1v) is 26.2. The molecule has 0 aliphatic rings. The van der Waals surface area contributed by atoms with Crippen molar-refractivity contribution in [1.82, 2.24) is 13.7 Å².